The Balaban J connectivity index is -0.0000000474. The molecule has 0 bridgehead atoms. The molecule has 0 unspecified atom stereocenters. The molecule has 0 aromatic heterocycles. The van der Waals surface area contributed by atoms with Crippen LogP contribution in [-0.4, -0.2) is 87.7 Å². The predicted molar refractivity (Wildman–Crippen MR) is 76.6 cm³/mol. The van der Waals surface area contributed by atoms with Gasteiger partial charge in [-0.05, 0) is 0 Å². The predicted octanol–water partition coefficient (Wildman–Crippen LogP) is -11.0. The normalized spacial score (nSPS) is 11.4. The summed E-state index contributed by atoms with van der Waals surface area (Å²) in [7, 11) is 0. The van der Waals surface area contributed by atoms with E-state index in [0.717, 1.165) is 26.2 Å². The van der Waals surface area contributed by atoms with Crippen LogP contribution in [0.4, 0.5) is 0 Å². The number of carbonyl (C=O) groups excluding carboxylic acids is 3. The Labute approximate surface area is 142 Å². The van der Waals surface area contributed by atoms with Gasteiger partial charge in [-0.25, -0.2) is 0 Å². The molecule has 1 aliphatic rings. The van der Waals surface area contributed by atoms with Crippen LogP contribution in [0, 0.1) is 0 Å². The molecule has 0 atom stereocenters. The van der Waals surface area contributed by atoms with Gasteiger partial charge in [-0.2, -0.15) is 0 Å². The van der Waals surface area contributed by atoms with Gasteiger partial charge >= 0.3 is 0 Å². The lowest BCUT2D eigenvalue weighted by Crippen LogP contribution is -2.54. The van der Waals surface area contributed by atoms with Crippen molar-refractivity contribution < 1.29 is 67.7 Å². The van der Waals surface area contributed by atoms with Gasteiger partial charge < -0.3 is 78.3 Å². The Morgan fingerprint density at radius 2 is 0.960 bits per heavy atom. The van der Waals surface area contributed by atoms with E-state index in [9.17, 15) is 29.7 Å². The quantitative estimate of drug-likeness (QED) is 0.404. The minimum absolute atomic E-state index is 0. The molecule has 0 spiro atoms. The Hall–Kier alpha value is -1.95. The number of rotatable bonds is 5. The van der Waals surface area contributed by atoms with Crippen molar-refractivity contribution in [3.05, 3.63) is 0 Å². The van der Waals surface area contributed by atoms with E-state index in [0.29, 0.717) is 0 Å². The van der Waals surface area contributed by atoms with Crippen LogP contribution < -0.4 is 26.0 Å². The standard InChI is InChI=1S/C6H8O7.C4H10N2.6H2O/c7-3(8)1-6(13,5(11)12)2-4(9)10;1-2-6-4-3-5-1;;;;;;/h13H,1-2H2,(H,7,8)(H,9,10)(H,11,12);5-6H,1-4H2;6*1H2/p-3. The smallest absolute Gasteiger partial charge is 0.114 e. The number of carbonyl (C=O) groups is 3. The number of hydrogen-bond acceptors (Lipinski definition) is 9. The van der Waals surface area contributed by atoms with E-state index in [2.05, 4.69) is 10.6 Å². The van der Waals surface area contributed by atoms with E-state index >= 15 is 0 Å². The maximum atomic E-state index is 10.1. The number of piperazine rings is 1. The molecule has 1 rings (SSSR count). The minimum Gasteiger partial charge on any atom is -0.550 e. The lowest BCUT2D eigenvalue weighted by atomic mass is 9.96. The molecular weight excluding hydrogens is 356 g/mol. The van der Waals surface area contributed by atoms with Crippen LogP contribution in [0.5, 0.6) is 0 Å². The molecule has 1 fully saturated rings. The van der Waals surface area contributed by atoms with Crippen molar-refractivity contribution in [3.63, 3.8) is 0 Å². The molecule has 0 amide bonds. The van der Waals surface area contributed by atoms with Crippen molar-refractivity contribution in [2.45, 2.75) is 18.4 Å². The van der Waals surface area contributed by atoms with Gasteiger partial charge in [0.05, 0.1) is 5.97 Å². The number of hydrogen-bond donors (Lipinski definition) is 3. The molecule has 0 aromatic carbocycles. The fourth-order valence-electron chi connectivity index (χ4n) is 1.29. The van der Waals surface area contributed by atoms with Gasteiger partial charge in [0.1, 0.15) is 5.60 Å². The highest BCUT2D eigenvalue weighted by atomic mass is 16.4. The highest BCUT2D eigenvalue weighted by Crippen LogP contribution is 2.13. The number of nitrogens with one attached hydrogen (secondary N) is 2. The second kappa shape index (κ2) is 22.1. The summed E-state index contributed by atoms with van der Waals surface area (Å²) in [5.74, 6) is -5.98. The van der Waals surface area contributed by atoms with Crippen LogP contribution >= 0.6 is 0 Å². The van der Waals surface area contributed by atoms with E-state index in [4.69, 9.17) is 5.11 Å². The van der Waals surface area contributed by atoms with Gasteiger partial charge in [0.25, 0.3) is 0 Å². The summed E-state index contributed by atoms with van der Waals surface area (Å²) in [6, 6.07) is 0. The van der Waals surface area contributed by atoms with Crippen molar-refractivity contribution >= 4 is 17.9 Å². The van der Waals surface area contributed by atoms with Crippen molar-refractivity contribution in [3.8, 4) is 0 Å². The summed E-state index contributed by atoms with van der Waals surface area (Å²) in [6.45, 7) is 4.56. The summed E-state index contributed by atoms with van der Waals surface area (Å²) in [6.07, 6.45) is -2.72. The van der Waals surface area contributed by atoms with Gasteiger partial charge in [-0.15, -0.1) is 0 Å². The summed E-state index contributed by atoms with van der Waals surface area (Å²) in [5.41, 5.74) is -2.97. The van der Waals surface area contributed by atoms with Crippen molar-refractivity contribution in [2.75, 3.05) is 26.2 Å². The van der Waals surface area contributed by atoms with E-state index < -0.39 is 36.4 Å². The van der Waals surface area contributed by atoms with Crippen LogP contribution in [0.2, 0.25) is 0 Å². The second-order valence-corrected chi connectivity index (χ2v) is 3.92. The second-order valence-electron chi connectivity index (χ2n) is 3.92. The average Bonchev–Trinajstić information content (AvgIpc) is 2.29. The Morgan fingerprint density at radius 3 is 1.08 bits per heavy atom. The Kier molecular flexibility index (Phi) is 38.4. The van der Waals surface area contributed by atoms with Crippen LogP contribution in [-0.2, 0) is 14.4 Å². The van der Waals surface area contributed by atoms with Crippen molar-refractivity contribution in [1.29, 1.82) is 0 Å². The summed E-state index contributed by atoms with van der Waals surface area (Å²) in [5, 5.41) is 45.4. The number of aliphatic hydroxyl groups is 1. The molecule has 15 N–H and O–H groups in total. The first-order chi connectivity index (χ1) is 8.78. The lowest BCUT2D eigenvalue weighted by Gasteiger charge is -2.29. The zero-order chi connectivity index (χ0) is 14.9. The zero-order valence-corrected chi connectivity index (χ0v) is 13.1. The van der Waals surface area contributed by atoms with E-state index in [1.54, 1.807) is 0 Å². The van der Waals surface area contributed by atoms with Gasteiger partial charge in [0.2, 0.25) is 0 Å². The zero-order valence-electron chi connectivity index (χ0n) is 13.1. The maximum absolute atomic E-state index is 10.1. The van der Waals surface area contributed by atoms with E-state index in [1.807, 2.05) is 0 Å². The summed E-state index contributed by atoms with van der Waals surface area (Å²) in [4.78, 5) is 30.0. The largest absolute Gasteiger partial charge is 0.550 e. The first kappa shape index (κ1) is 43.5. The third-order valence-corrected chi connectivity index (χ3v) is 2.21. The monoisotopic (exact) mass is 383 g/mol. The van der Waals surface area contributed by atoms with Crippen LogP contribution in [0.25, 0.3) is 0 Å². The first-order valence-corrected chi connectivity index (χ1v) is 5.53. The first-order valence-electron chi connectivity index (χ1n) is 5.53. The molecule has 0 saturated carbocycles. The number of aliphatic carboxylic acids is 3. The molecule has 1 aliphatic heterocycles. The van der Waals surface area contributed by atoms with Crippen molar-refractivity contribution in [2.24, 2.45) is 0 Å². The lowest BCUT2D eigenvalue weighted by molar-refractivity contribution is -0.339. The van der Waals surface area contributed by atoms with Crippen LogP contribution in [0.3, 0.4) is 0 Å². The van der Waals surface area contributed by atoms with Gasteiger partial charge in [0, 0.05) is 51.0 Å². The van der Waals surface area contributed by atoms with E-state index in [-0.39, 0.29) is 32.9 Å². The number of carboxylic acids is 3. The van der Waals surface area contributed by atoms with Gasteiger partial charge in [-0.3, -0.25) is 0 Å². The van der Waals surface area contributed by atoms with Crippen LogP contribution in [0.1, 0.15) is 12.8 Å². The van der Waals surface area contributed by atoms with E-state index in [1.165, 1.54) is 0 Å². The number of carboxylic acid groups (broad SMARTS) is 3. The Bertz CT molecular complexity index is 307. The summed E-state index contributed by atoms with van der Waals surface area (Å²) >= 11 is 0. The molecule has 15 heteroatoms. The van der Waals surface area contributed by atoms with Crippen molar-refractivity contribution in [1.82, 2.24) is 10.6 Å². The molecule has 1 heterocycles. The minimum atomic E-state index is -2.97. The molecule has 0 radical (unpaired) electrons. The molecule has 1 saturated heterocycles. The highest BCUT2D eigenvalue weighted by molar-refractivity contribution is 5.86. The SMILES string of the molecule is C1CNCCN1.O.O.O.O.O.O.O=C([O-])CC(O)(CC(=O)[O-])C(=O)[O-]. The molecule has 25 heavy (non-hydrogen) atoms. The average molecular weight is 383 g/mol. The third kappa shape index (κ3) is 22.1. The fourth-order valence-corrected chi connectivity index (χ4v) is 1.29. The molecule has 158 valence electrons. The fraction of sp³-hybridized carbons (Fsp3) is 0.700. The van der Waals surface area contributed by atoms with Gasteiger partial charge in [0.15, 0.2) is 0 Å². The molecule has 15 nitrogen and oxygen atoms in total. The Morgan fingerprint density at radius 1 is 0.720 bits per heavy atom. The maximum Gasteiger partial charge on any atom is 0.114 e. The molecular formula is C10H27N2O13-3. The van der Waals surface area contributed by atoms with Gasteiger partial charge in [-0.1, -0.05) is 0 Å². The third-order valence-electron chi connectivity index (χ3n) is 2.21. The highest BCUT2D eigenvalue weighted by Gasteiger charge is 2.29. The molecule has 0 aliphatic carbocycles. The topological polar surface area (TPSA) is 354 Å². The summed E-state index contributed by atoms with van der Waals surface area (Å²) < 4.78 is 0. The van der Waals surface area contributed by atoms with Crippen LogP contribution in [0.15, 0.2) is 0 Å². The molecule has 0 aromatic rings.